The molecule has 1 aliphatic rings. The zero-order valence-electron chi connectivity index (χ0n) is 18.3. The van der Waals surface area contributed by atoms with Crippen LogP contribution < -0.4 is 14.8 Å². The van der Waals surface area contributed by atoms with Gasteiger partial charge in [-0.15, -0.1) is 0 Å². The summed E-state index contributed by atoms with van der Waals surface area (Å²) in [5, 5.41) is 3.06. The number of benzene rings is 2. The smallest absolute Gasteiger partial charge is 0.224 e. The second-order valence-corrected chi connectivity index (χ2v) is 7.50. The first-order chi connectivity index (χ1) is 15.0. The third kappa shape index (κ3) is 6.06. The summed E-state index contributed by atoms with van der Waals surface area (Å²) in [5.41, 5.74) is 2.37. The van der Waals surface area contributed by atoms with Gasteiger partial charge in [0.25, 0.3) is 0 Å². The summed E-state index contributed by atoms with van der Waals surface area (Å²) >= 11 is 0. The monoisotopic (exact) mass is 426 g/mol. The largest absolute Gasteiger partial charge is 0.497 e. The van der Waals surface area contributed by atoms with Crippen molar-refractivity contribution in [1.29, 1.82) is 0 Å². The summed E-state index contributed by atoms with van der Waals surface area (Å²) in [6.07, 6.45) is 0.142. The number of nitrogens with zero attached hydrogens (tertiary/aromatic N) is 1. The molecule has 0 aromatic heterocycles. The van der Waals surface area contributed by atoms with E-state index in [2.05, 4.69) is 10.2 Å². The number of hydrogen-bond donors (Lipinski definition) is 1. The lowest BCUT2D eigenvalue weighted by molar-refractivity contribution is -0.120. The first-order valence-corrected chi connectivity index (χ1v) is 10.4. The molecule has 0 bridgehead atoms. The van der Waals surface area contributed by atoms with Gasteiger partial charge in [-0.2, -0.15) is 0 Å². The number of carbonyl (C=O) groups excluding carboxylic acids is 2. The lowest BCUT2D eigenvalue weighted by Gasteiger charge is -2.35. The van der Waals surface area contributed by atoms with Gasteiger partial charge >= 0.3 is 0 Å². The van der Waals surface area contributed by atoms with Crippen LogP contribution in [0, 0.1) is 0 Å². The van der Waals surface area contributed by atoms with E-state index in [1.165, 1.54) is 6.92 Å². The van der Waals surface area contributed by atoms with Crippen LogP contribution in [0.1, 0.15) is 34.5 Å². The lowest BCUT2D eigenvalue weighted by Crippen LogP contribution is -2.44. The summed E-state index contributed by atoms with van der Waals surface area (Å²) < 4.78 is 16.1. The molecule has 1 amide bonds. The molecule has 7 nitrogen and oxygen atoms in total. The van der Waals surface area contributed by atoms with Gasteiger partial charge in [0, 0.05) is 30.8 Å². The normalized spacial score (nSPS) is 15.2. The Labute approximate surface area is 183 Å². The van der Waals surface area contributed by atoms with Crippen molar-refractivity contribution in [2.24, 2.45) is 0 Å². The van der Waals surface area contributed by atoms with Gasteiger partial charge < -0.3 is 19.5 Å². The number of hydrogen-bond acceptors (Lipinski definition) is 6. The Morgan fingerprint density at radius 1 is 1.06 bits per heavy atom. The Balaban J connectivity index is 1.71. The molecule has 1 aliphatic heterocycles. The second-order valence-electron chi connectivity index (χ2n) is 7.50. The summed E-state index contributed by atoms with van der Waals surface area (Å²) in [4.78, 5) is 26.8. The van der Waals surface area contributed by atoms with Crippen molar-refractivity contribution in [3.63, 3.8) is 0 Å². The fourth-order valence-corrected chi connectivity index (χ4v) is 3.75. The van der Waals surface area contributed by atoms with Gasteiger partial charge in [0.1, 0.15) is 11.5 Å². The van der Waals surface area contributed by atoms with Crippen LogP contribution in [0.25, 0.3) is 0 Å². The number of rotatable bonds is 9. The Kier molecular flexibility index (Phi) is 8.03. The Morgan fingerprint density at radius 3 is 2.39 bits per heavy atom. The molecular weight excluding hydrogens is 396 g/mol. The molecule has 2 aromatic rings. The molecule has 7 heteroatoms. The summed E-state index contributed by atoms with van der Waals surface area (Å²) in [6, 6.07) is 13.1. The van der Waals surface area contributed by atoms with Crippen LogP contribution in [-0.4, -0.2) is 63.7 Å². The van der Waals surface area contributed by atoms with Gasteiger partial charge in [0.15, 0.2) is 5.78 Å². The van der Waals surface area contributed by atoms with E-state index in [1.54, 1.807) is 32.4 Å². The quantitative estimate of drug-likeness (QED) is 0.621. The number of methoxy groups -OCH3 is 2. The molecule has 2 aromatic carbocycles. The van der Waals surface area contributed by atoms with Crippen molar-refractivity contribution in [3.8, 4) is 11.5 Å². The SMILES string of the molecule is COc1ccc(C(CNC(=O)Cc2cc(C(C)=O)ccc2OC)N2CCOCC2)cc1. The third-order valence-corrected chi connectivity index (χ3v) is 5.52. The zero-order valence-corrected chi connectivity index (χ0v) is 18.3. The lowest BCUT2D eigenvalue weighted by atomic mass is 10.0. The first kappa shape index (κ1) is 22.8. The van der Waals surface area contributed by atoms with Crippen molar-refractivity contribution >= 4 is 11.7 Å². The average Bonchev–Trinajstić information content (AvgIpc) is 2.80. The molecule has 1 saturated heterocycles. The number of ether oxygens (including phenoxy) is 3. The van der Waals surface area contributed by atoms with E-state index in [1.807, 2.05) is 24.3 Å². The van der Waals surface area contributed by atoms with Gasteiger partial charge in [-0.05, 0) is 42.8 Å². The standard InChI is InChI=1S/C24H30N2O5/c1-17(27)19-6-9-23(30-3)20(14-19)15-24(28)25-16-22(26-10-12-31-13-11-26)18-4-7-21(29-2)8-5-18/h4-9,14,22H,10-13,15-16H2,1-3H3,(H,25,28). The maximum absolute atomic E-state index is 12.8. The number of ketones is 1. The fraction of sp³-hybridized carbons (Fsp3) is 0.417. The maximum atomic E-state index is 12.8. The molecule has 1 unspecified atom stereocenters. The van der Waals surface area contributed by atoms with Crippen molar-refractivity contribution in [2.45, 2.75) is 19.4 Å². The van der Waals surface area contributed by atoms with E-state index in [0.717, 1.165) is 24.4 Å². The van der Waals surface area contributed by atoms with Crippen molar-refractivity contribution in [1.82, 2.24) is 10.2 Å². The van der Waals surface area contributed by atoms with E-state index in [9.17, 15) is 9.59 Å². The molecule has 1 heterocycles. The van der Waals surface area contributed by atoms with Crippen LogP contribution in [0.3, 0.4) is 0 Å². The molecule has 166 valence electrons. The molecule has 3 rings (SSSR count). The molecule has 1 fully saturated rings. The van der Waals surface area contributed by atoms with Crippen LogP contribution in [0.15, 0.2) is 42.5 Å². The molecule has 0 spiro atoms. The molecule has 0 radical (unpaired) electrons. The molecular formula is C24H30N2O5. The second kappa shape index (κ2) is 10.9. The molecule has 1 N–H and O–H groups in total. The number of amides is 1. The maximum Gasteiger partial charge on any atom is 0.224 e. The van der Waals surface area contributed by atoms with Crippen LogP contribution in [0.5, 0.6) is 11.5 Å². The zero-order chi connectivity index (χ0) is 22.2. The number of Topliss-reactive ketones (excluding diaryl/α,β-unsaturated/α-hetero) is 1. The van der Waals surface area contributed by atoms with E-state index < -0.39 is 0 Å². The first-order valence-electron chi connectivity index (χ1n) is 10.4. The molecule has 31 heavy (non-hydrogen) atoms. The van der Waals surface area contributed by atoms with Gasteiger partial charge in [0.2, 0.25) is 5.91 Å². The highest BCUT2D eigenvalue weighted by molar-refractivity contribution is 5.94. The van der Waals surface area contributed by atoms with Crippen LogP contribution in [-0.2, 0) is 16.0 Å². The Morgan fingerprint density at radius 2 is 1.77 bits per heavy atom. The van der Waals surface area contributed by atoms with Gasteiger partial charge in [-0.25, -0.2) is 0 Å². The highest BCUT2D eigenvalue weighted by atomic mass is 16.5. The number of carbonyl (C=O) groups is 2. The van der Waals surface area contributed by atoms with Crippen LogP contribution >= 0.6 is 0 Å². The van der Waals surface area contributed by atoms with Crippen molar-refractivity contribution in [3.05, 3.63) is 59.2 Å². The summed E-state index contributed by atoms with van der Waals surface area (Å²) in [6.45, 7) is 4.95. The summed E-state index contributed by atoms with van der Waals surface area (Å²) in [5.74, 6) is 1.23. The Hall–Kier alpha value is -2.90. The highest BCUT2D eigenvalue weighted by Crippen LogP contribution is 2.24. The van der Waals surface area contributed by atoms with Crippen LogP contribution in [0.4, 0.5) is 0 Å². The summed E-state index contributed by atoms with van der Waals surface area (Å²) in [7, 11) is 3.20. The predicted molar refractivity (Wildman–Crippen MR) is 118 cm³/mol. The minimum Gasteiger partial charge on any atom is -0.497 e. The average molecular weight is 427 g/mol. The minimum atomic E-state index is -0.120. The van der Waals surface area contributed by atoms with Crippen LogP contribution in [0.2, 0.25) is 0 Å². The van der Waals surface area contributed by atoms with E-state index in [4.69, 9.17) is 14.2 Å². The third-order valence-electron chi connectivity index (χ3n) is 5.52. The van der Waals surface area contributed by atoms with Gasteiger partial charge in [0.05, 0.1) is 39.9 Å². The minimum absolute atomic E-state index is 0.0317. The molecule has 0 aliphatic carbocycles. The fourth-order valence-electron chi connectivity index (χ4n) is 3.75. The molecule has 1 atom stereocenters. The Bertz CT molecular complexity index is 891. The van der Waals surface area contributed by atoms with E-state index >= 15 is 0 Å². The number of nitrogens with one attached hydrogen (secondary N) is 1. The number of morpholine rings is 1. The van der Waals surface area contributed by atoms with Gasteiger partial charge in [-0.3, -0.25) is 14.5 Å². The van der Waals surface area contributed by atoms with Crippen molar-refractivity contribution in [2.75, 3.05) is 47.1 Å². The molecule has 0 saturated carbocycles. The van der Waals surface area contributed by atoms with E-state index in [-0.39, 0.29) is 24.2 Å². The highest BCUT2D eigenvalue weighted by Gasteiger charge is 2.23. The van der Waals surface area contributed by atoms with Crippen molar-refractivity contribution < 1.29 is 23.8 Å². The topological polar surface area (TPSA) is 77.1 Å². The predicted octanol–water partition coefficient (Wildman–Crippen LogP) is 2.64. The van der Waals surface area contributed by atoms with Gasteiger partial charge in [-0.1, -0.05) is 12.1 Å². The van der Waals surface area contributed by atoms with E-state index in [0.29, 0.717) is 36.6 Å².